The van der Waals surface area contributed by atoms with E-state index >= 15 is 0 Å². The molecule has 36 heavy (non-hydrogen) atoms. The second kappa shape index (κ2) is 10.8. The highest BCUT2D eigenvalue weighted by atomic mass is 32.1. The van der Waals surface area contributed by atoms with Crippen molar-refractivity contribution in [3.63, 3.8) is 0 Å². The number of aliphatic carboxylic acids is 1. The monoisotopic (exact) mass is 506 g/mol. The lowest BCUT2D eigenvalue weighted by Crippen LogP contribution is -2.62. The highest BCUT2D eigenvalue weighted by Crippen LogP contribution is 2.28. The number of hydrogen-bond donors (Lipinski definition) is 1. The smallest absolute Gasteiger partial charge is 0.329 e. The summed E-state index contributed by atoms with van der Waals surface area (Å²) in [4.78, 5) is 47.5. The van der Waals surface area contributed by atoms with Gasteiger partial charge in [0, 0.05) is 29.9 Å². The fraction of sp³-hybridized carbons (Fsp3) is 0.296. The summed E-state index contributed by atoms with van der Waals surface area (Å²) in [5.74, 6) is -1.14. The SMILES string of the molecule is Cc1cc(CN(C)C(=O)N2CCN(C(=O)N(c3ccccc3)c3ccccc3)[C@H](C(=O)O)C2)sc1C. The van der Waals surface area contributed by atoms with Gasteiger partial charge in [-0.15, -0.1) is 11.3 Å². The van der Waals surface area contributed by atoms with Crippen LogP contribution in [0.2, 0.25) is 0 Å². The lowest BCUT2D eigenvalue weighted by Gasteiger charge is -2.42. The number of benzene rings is 2. The van der Waals surface area contributed by atoms with Crippen molar-refractivity contribution < 1.29 is 19.5 Å². The van der Waals surface area contributed by atoms with Gasteiger partial charge in [0.05, 0.1) is 24.5 Å². The van der Waals surface area contributed by atoms with Crippen LogP contribution in [0.3, 0.4) is 0 Å². The molecule has 2 aromatic carbocycles. The molecule has 0 unspecified atom stereocenters. The van der Waals surface area contributed by atoms with Gasteiger partial charge in [-0.1, -0.05) is 36.4 Å². The summed E-state index contributed by atoms with van der Waals surface area (Å²) < 4.78 is 0. The Balaban J connectivity index is 1.53. The maximum Gasteiger partial charge on any atom is 0.329 e. The zero-order valence-electron chi connectivity index (χ0n) is 20.6. The lowest BCUT2D eigenvalue weighted by molar-refractivity contribution is -0.143. The molecule has 9 heteroatoms. The van der Waals surface area contributed by atoms with Crippen molar-refractivity contribution in [2.45, 2.75) is 26.4 Å². The molecule has 1 aliphatic heterocycles. The molecule has 0 saturated carbocycles. The standard InChI is InChI=1S/C27H30N4O4S/c1-19-16-23(36-20(19)2)17-28(3)26(34)29-14-15-30(24(18-29)25(32)33)27(35)31(21-10-6-4-7-11-21)22-12-8-5-9-13-22/h4-13,16,24H,14-15,17-18H2,1-3H3,(H,32,33)/t24-/m0/s1. The van der Waals surface area contributed by atoms with Gasteiger partial charge in [-0.2, -0.15) is 0 Å². The van der Waals surface area contributed by atoms with E-state index in [-0.39, 0.29) is 25.7 Å². The van der Waals surface area contributed by atoms with Crippen LogP contribution in [0.5, 0.6) is 0 Å². The van der Waals surface area contributed by atoms with Gasteiger partial charge in [-0.05, 0) is 49.7 Å². The van der Waals surface area contributed by atoms with Crippen LogP contribution in [0, 0.1) is 13.8 Å². The van der Waals surface area contributed by atoms with Gasteiger partial charge in [0.15, 0.2) is 0 Å². The molecule has 1 aromatic heterocycles. The zero-order valence-corrected chi connectivity index (χ0v) is 21.4. The van der Waals surface area contributed by atoms with Gasteiger partial charge in [0.1, 0.15) is 6.04 Å². The molecule has 1 saturated heterocycles. The number of carboxylic acids is 1. The van der Waals surface area contributed by atoms with Gasteiger partial charge in [-0.25, -0.2) is 14.4 Å². The first-order valence-corrected chi connectivity index (χ1v) is 12.6. The number of nitrogens with zero attached hydrogens (tertiary/aromatic N) is 4. The Bertz CT molecular complexity index is 1170. The summed E-state index contributed by atoms with van der Waals surface area (Å²) in [6.45, 7) is 4.82. The number of carbonyl (C=O) groups is 3. The number of urea groups is 2. The molecule has 0 spiro atoms. The Kier molecular flexibility index (Phi) is 7.59. The first-order chi connectivity index (χ1) is 17.3. The number of carbonyl (C=O) groups excluding carboxylic acids is 2. The third-order valence-electron chi connectivity index (χ3n) is 6.34. The normalized spacial score (nSPS) is 15.5. The Morgan fingerprint density at radius 1 is 0.944 bits per heavy atom. The first-order valence-electron chi connectivity index (χ1n) is 11.8. The van der Waals surface area contributed by atoms with Crippen molar-refractivity contribution in [1.82, 2.24) is 14.7 Å². The predicted octanol–water partition coefficient (Wildman–Crippen LogP) is 4.95. The second-order valence-corrected chi connectivity index (χ2v) is 10.2. The molecule has 1 fully saturated rings. The van der Waals surface area contributed by atoms with E-state index in [1.807, 2.05) is 74.5 Å². The highest BCUT2D eigenvalue weighted by molar-refractivity contribution is 7.12. The van der Waals surface area contributed by atoms with Gasteiger partial charge in [-0.3, -0.25) is 4.90 Å². The van der Waals surface area contributed by atoms with Gasteiger partial charge < -0.3 is 19.8 Å². The molecule has 4 amide bonds. The minimum Gasteiger partial charge on any atom is -0.480 e. The van der Waals surface area contributed by atoms with Crippen LogP contribution < -0.4 is 4.90 Å². The highest BCUT2D eigenvalue weighted by Gasteiger charge is 2.40. The summed E-state index contributed by atoms with van der Waals surface area (Å²) in [7, 11) is 1.71. The molecule has 1 N–H and O–H groups in total. The van der Waals surface area contributed by atoms with Gasteiger partial charge in [0.25, 0.3) is 0 Å². The van der Waals surface area contributed by atoms with Crippen LogP contribution in [0.1, 0.15) is 15.3 Å². The molecule has 1 atom stereocenters. The Hall–Kier alpha value is -3.85. The van der Waals surface area contributed by atoms with Gasteiger partial charge >= 0.3 is 18.0 Å². The molecule has 8 nitrogen and oxygen atoms in total. The van der Waals surface area contributed by atoms with Crippen molar-refractivity contribution in [3.8, 4) is 0 Å². The van der Waals surface area contributed by atoms with Crippen LogP contribution in [0.15, 0.2) is 66.7 Å². The number of thiophene rings is 1. The summed E-state index contributed by atoms with van der Waals surface area (Å²) in [6.07, 6.45) is 0. The average Bonchev–Trinajstić information content (AvgIpc) is 3.20. The minimum atomic E-state index is -1.16. The van der Waals surface area contributed by atoms with Crippen molar-refractivity contribution >= 4 is 40.7 Å². The summed E-state index contributed by atoms with van der Waals surface area (Å²) in [5.41, 5.74) is 2.46. The van der Waals surface area contributed by atoms with E-state index in [9.17, 15) is 19.5 Å². The fourth-order valence-electron chi connectivity index (χ4n) is 4.32. The van der Waals surface area contributed by atoms with Crippen LogP contribution in [-0.2, 0) is 11.3 Å². The molecule has 3 aromatic rings. The summed E-state index contributed by atoms with van der Waals surface area (Å²) in [5, 5.41) is 10.0. The van der Waals surface area contributed by atoms with E-state index in [0.717, 1.165) is 4.88 Å². The van der Waals surface area contributed by atoms with Gasteiger partial charge in [0.2, 0.25) is 0 Å². The molecule has 4 rings (SSSR count). The maximum absolute atomic E-state index is 13.8. The maximum atomic E-state index is 13.8. The Morgan fingerprint density at radius 3 is 2.03 bits per heavy atom. The zero-order chi connectivity index (χ0) is 25.8. The number of hydrogen-bond acceptors (Lipinski definition) is 4. The van der Waals surface area contributed by atoms with Crippen LogP contribution in [0.25, 0.3) is 0 Å². The number of rotatable bonds is 5. The average molecular weight is 507 g/mol. The largest absolute Gasteiger partial charge is 0.480 e. The van der Waals surface area contributed by atoms with E-state index < -0.39 is 18.0 Å². The number of piperazine rings is 1. The van der Waals surface area contributed by atoms with Crippen molar-refractivity contribution in [1.29, 1.82) is 0 Å². The third-order valence-corrected chi connectivity index (χ3v) is 7.48. The lowest BCUT2D eigenvalue weighted by atomic mass is 10.1. The van der Waals surface area contributed by atoms with Crippen LogP contribution in [-0.4, -0.2) is 70.6 Å². The third kappa shape index (κ3) is 5.36. The van der Waals surface area contributed by atoms with Crippen molar-refractivity contribution in [2.75, 3.05) is 31.6 Å². The Labute approximate surface area is 215 Å². The number of amides is 4. The van der Waals surface area contributed by atoms with E-state index in [2.05, 4.69) is 6.07 Å². The number of carboxylic acid groups (broad SMARTS) is 1. The van der Waals surface area contributed by atoms with E-state index in [1.54, 1.807) is 23.3 Å². The number of anilines is 2. The molecule has 1 aliphatic rings. The Morgan fingerprint density at radius 2 is 1.53 bits per heavy atom. The van der Waals surface area contributed by atoms with E-state index in [1.165, 1.54) is 25.1 Å². The molecule has 188 valence electrons. The molecule has 0 bridgehead atoms. The first kappa shape index (κ1) is 25.2. The molecular weight excluding hydrogens is 476 g/mol. The molecular formula is C27H30N4O4S. The fourth-order valence-corrected chi connectivity index (χ4v) is 5.43. The van der Waals surface area contributed by atoms with Crippen LogP contribution >= 0.6 is 11.3 Å². The molecule has 0 aliphatic carbocycles. The quantitative estimate of drug-likeness (QED) is 0.531. The van der Waals surface area contributed by atoms with Crippen LogP contribution in [0.4, 0.5) is 21.0 Å². The number of para-hydroxylation sites is 2. The van der Waals surface area contributed by atoms with E-state index in [0.29, 0.717) is 17.9 Å². The molecule has 0 radical (unpaired) electrons. The predicted molar refractivity (Wildman–Crippen MR) is 141 cm³/mol. The summed E-state index contributed by atoms with van der Waals surface area (Å²) in [6, 6.07) is 18.5. The second-order valence-electron chi connectivity index (χ2n) is 8.87. The van der Waals surface area contributed by atoms with Crippen molar-refractivity contribution in [2.24, 2.45) is 0 Å². The topological polar surface area (TPSA) is 84.4 Å². The van der Waals surface area contributed by atoms with E-state index in [4.69, 9.17) is 0 Å². The molecule has 2 heterocycles. The van der Waals surface area contributed by atoms with Crippen molar-refractivity contribution in [3.05, 3.63) is 82.0 Å². The number of aryl methyl sites for hydroxylation is 2. The minimum absolute atomic E-state index is 0.0792. The summed E-state index contributed by atoms with van der Waals surface area (Å²) >= 11 is 1.65.